The van der Waals surface area contributed by atoms with Crippen LogP contribution in [-0.4, -0.2) is 61.7 Å². The maximum absolute atomic E-state index is 12.9. The lowest BCUT2D eigenvalue weighted by atomic mass is 9.94. The van der Waals surface area contributed by atoms with E-state index in [-0.39, 0.29) is 12.0 Å². The van der Waals surface area contributed by atoms with E-state index in [1.54, 1.807) is 29.9 Å². The average Bonchev–Trinajstić information content (AvgIpc) is 3.15. The summed E-state index contributed by atoms with van der Waals surface area (Å²) in [5.41, 5.74) is 3.89. The number of carbonyl (C=O) groups is 2. The van der Waals surface area contributed by atoms with E-state index < -0.39 is 0 Å². The Hall–Kier alpha value is -2.96. The highest BCUT2D eigenvalue weighted by Crippen LogP contribution is 2.37. The molecule has 1 fully saturated rings. The van der Waals surface area contributed by atoms with Gasteiger partial charge >= 0.3 is 6.09 Å². The van der Waals surface area contributed by atoms with E-state index >= 15 is 0 Å². The number of methoxy groups -OCH3 is 1. The molecule has 7 nitrogen and oxygen atoms in total. The summed E-state index contributed by atoms with van der Waals surface area (Å²) in [6.45, 7) is 6.02. The number of hydrogen-bond acceptors (Lipinski definition) is 5. The van der Waals surface area contributed by atoms with E-state index in [4.69, 9.17) is 13.9 Å². The number of nitrogens with zero attached hydrogens (tertiary/aromatic N) is 2. The summed E-state index contributed by atoms with van der Waals surface area (Å²) in [5, 5.41) is 1.12. The van der Waals surface area contributed by atoms with Crippen LogP contribution in [0, 0.1) is 0 Å². The summed E-state index contributed by atoms with van der Waals surface area (Å²) < 4.78 is 16.7. The van der Waals surface area contributed by atoms with Crippen molar-refractivity contribution in [2.45, 2.75) is 39.5 Å². The molecule has 1 aliphatic carbocycles. The van der Waals surface area contributed by atoms with Crippen molar-refractivity contribution in [2.24, 2.45) is 0 Å². The molecule has 0 N–H and O–H groups in total. The molecule has 0 bridgehead atoms. The lowest BCUT2D eigenvalue weighted by Crippen LogP contribution is -2.50. The van der Waals surface area contributed by atoms with Crippen LogP contribution < -0.4 is 4.74 Å². The molecule has 0 atom stereocenters. The highest BCUT2D eigenvalue weighted by Gasteiger charge is 2.25. The average molecular weight is 427 g/mol. The third-order valence-electron chi connectivity index (χ3n) is 6.16. The molecule has 0 saturated carbocycles. The number of piperazine rings is 1. The van der Waals surface area contributed by atoms with E-state index in [0.29, 0.717) is 38.5 Å². The number of aryl methyl sites for hydroxylation is 2. The Morgan fingerprint density at radius 1 is 1.10 bits per heavy atom. The molecule has 4 rings (SSSR count). The van der Waals surface area contributed by atoms with Crippen molar-refractivity contribution in [1.82, 2.24) is 9.80 Å². The Labute approximate surface area is 182 Å². The van der Waals surface area contributed by atoms with E-state index in [9.17, 15) is 9.59 Å². The quantitative estimate of drug-likeness (QED) is 0.691. The Morgan fingerprint density at radius 2 is 1.81 bits per heavy atom. The Kier molecular flexibility index (Phi) is 6.20. The van der Waals surface area contributed by atoms with E-state index in [0.717, 1.165) is 47.1 Å². The van der Waals surface area contributed by atoms with Gasteiger partial charge in [0.05, 0.1) is 13.7 Å². The fraction of sp³-hybridized carbons (Fsp3) is 0.500. The van der Waals surface area contributed by atoms with Crippen molar-refractivity contribution in [3.8, 4) is 5.75 Å². The molecule has 2 heterocycles. The van der Waals surface area contributed by atoms with Gasteiger partial charge in [-0.25, -0.2) is 4.79 Å². The largest absolute Gasteiger partial charge is 0.496 e. The molecule has 2 aromatic rings. The van der Waals surface area contributed by atoms with Crippen molar-refractivity contribution in [1.29, 1.82) is 0 Å². The van der Waals surface area contributed by atoms with Gasteiger partial charge in [-0.1, -0.05) is 0 Å². The van der Waals surface area contributed by atoms with Gasteiger partial charge in [0, 0.05) is 61.3 Å². The Balaban J connectivity index is 1.54. The summed E-state index contributed by atoms with van der Waals surface area (Å²) >= 11 is 0. The van der Waals surface area contributed by atoms with Gasteiger partial charge in [-0.05, 0) is 44.7 Å². The molecular weight excluding hydrogens is 396 g/mol. The summed E-state index contributed by atoms with van der Waals surface area (Å²) in [5.74, 6) is 1.72. The van der Waals surface area contributed by atoms with Crippen LogP contribution in [0.4, 0.5) is 4.79 Å². The molecule has 1 aromatic carbocycles. The molecule has 2 amide bonds. The van der Waals surface area contributed by atoms with Crippen LogP contribution in [0.3, 0.4) is 0 Å². The molecule has 0 spiro atoms. The Bertz CT molecular complexity index is 1010. The first-order chi connectivity index (χ1) is 15.0. The van der Waals surface area contributed by atoms with Crippen LogP contribution in [0.5, 0.6) is 5.75 Å². The number of furan rings is 1. The molecular formula is C24H30N2O5. The SMILES string of the molecule is CCOC(=O)N1CCN(C(=O)/C=C(\C)c2cc3c4c(oc3cc2OC)CCCC4)CC1. The molecule has 0 radical (unpaired) electrons. The molecule has 7 heteroatoms. The van der Waals surface area contributed by atoms with E-state index in [1.165, 1.54) is 12.0 Å². The lowest BCUT2D eigenvalue weighted by molar-refractivity contribution is -0.127. The second-order valence-electron chi connectivity index (χ2n) is 8.10. The molecule has 0 unspecified atom stereocenters. The normalized spacial score (nSPS) is 16.9. The number of allylic oxidation sites excluding steroid dienone is 1. The zero-order valence-corrected chi connectivity index (χ0v) is 18.5. The van der Waals surface area contributed by atoms with Crippen molar-refractivity contribution in [3.05, 3.63) is 35.1 Å². The second-order valence-corrected chi connectivity index (χ2v) is 8.10. The third kappa shape index (κ3) is 4.27. The van der Waals surface area contributed by atoms with Crippen LogP contribution in [0.1, 0.15) is 43.6 Å². The fourth-order valence-corrected chi connectivity index (χ4v) is 4.44. The van der Waals surface area contributed by atoms with E-state index in [2.05, 4.69) is 6.07 Å². The molecule has 31 heavy (non-hydrogen) atoms. The van der Waals surface area contributed by atoms with Gasteiger partial charge in [0.1, 0.15) is 17.1 Å². The molecule has 2 aliphatic rings. The van der Waals surface area contributed by atoms with Crippen molar-refractivity contribution >= 4 is 28.5 Å². The highest BCUT2D eigenvalue weighted by atomic mass is 16.6. The minimum atomic E-state index is -0.317. The monoisotopic (exact) mass is 426 g/mol. The number of carbonyl (C=O) groups excluding carboxylic acids is 2. The lowest BCUT2D eigenvalue weighted by Gasteiger charge is -2.33. The van der Waals surface area contributed by atoms with E-state index in [1.807, 2.05) is 13.0 Å². The zero-order valence-electron chi connectivity index (χ0n) is 18.5. The number of hydrogen-bond donors (Lipinski definition) is 0. The van der Waals surface area contributed by atoms with Gasteiger partial charge in [0.2, 0.25) is 5.91 Å². The van der Waals surface area contributed by atoms with Crippen LogP contribution in [0.15, 0.2) is 22.6 Å². The Morgan fingerprint density at radius 3 is 2.52 bits per heavy atom. The summed E-state index contributed by atoms with van der Waals surface area (Å²) in [6, 6.07) is 4.03. The number of amides is 2. The van der Waals surface area contributed by atoms with Gasteiger partial charge in [-0.15, -0.1) is 0 Å². The summed E-state index contributed by atoms with van der Waals surface area (Å²) in [6.07, 6.45) is 5.69. The second kappa shape index (κ2) is 9.04. The number of fused-ring (bicyclic) bond motifs is 3. The van der Waals surface area contributed by atoms with Gasteiger partial charge in [0.15, 0.2) is 0 Å². The smallest absolute Gasteiger partial charge is 0.409 e. The van der Waals surface area contributed by atoms with Crippen LogP contribution >= 0.6 is 0 Å². The maximum atomic E-state index is 12.9. The molecule has 1 aliphatic heterocycles. The standard InChI is InChI=1S/C24H30N2O5/c1-4-30-24(28)26-11-9-25(10-12-26)23(27)13-16(2)18-14-19-17-7-5-6-8-20(17)31-22(19)15-21(18)29-3/h13-15H,4-12H2,1-3H3/b16-13+. The van der Waals surface area contributed by atoms with Gasteiger partial charge in [0.25, 0.3) is 0 Å². The highest BCUT2D eigenvalue weighted by molar-refractivity contribution is 5.97. The van der Waals surface area contributed by atoms with Crippen LogP contribution in [0.25, 0.3) is 16.5 Å². The topological polar surface area (TPSA) is 72.2 Å². The summed E-state index contributed by atoms with van der Waals surface area (Å²) in [7, 11) is 1.64. The van der Waals surface area contributed by atoms with Crippen molar-refractivity contribution in [2.75, 3.05) is 39.9 Å². The van der Waals surface area contributed by atoms with Crippen molar-refractivity contribution in [3.63, 3.8) is 0 Å². The van der Waals surface area contributed by atoms with Crippen LogP contribution in [0.2, 0.25) is 0 Å². The predicted octanol–water partition coefficient (Wildman–Crippen LogP) is 4.02. The molecule has 1 aromatic heterocycles. The molecule has 166 valence electrons. The van der Waals surface area contributed by atoms with Gasteiger partial charge in [-0.2, -0.15) is 0 Å². The number of benzene rings is 1. The maximum Gasteiger partial charge on any atom is 0.409 e. The van der Waals surface area contributed by atoms with Gasteiger partial charge < -0.3 is 23.7 Å². The first-order valence-electron chi connectivity index (χ1n) is 11.0. The zero-order chi connectivity index (χ0) is 22.0. The molecule has 1 saturated heterocycles. The predicted molar refractivity (Wildman–Crippen MR) is 118 cm³/mol. The third-order valence-corrected chi connectivity index (χ3v) is 6.16. The van der Waals surface area contributed by atoms with Crippen molar-refractivity contribution < 1.29 is 23.5 Å². The first-order valence-corrected chi connectivity index (χ1v) is 11.0. The first kappa shape index (κ1) is 21.3. The number of rotatable bonds is 4. The number of ether oxygens (including phenoxy) is 2. The van der Waals surface area contributed by atoms with Gasteiger partial charge in [-0.3, -0.25) is 4.79 Å². The minimum absolute atomic E-state index is 0.0580. The summed E-state index contributed by atoms with van der Waals surface area (Å²) in [4.78, 5) is 28.2. The minimum Gasteiger partial charge on any atom is -0.496 e. The fourth-order valence-electron chi connectivity index (χ4n) is 4.44. The van der Waals surface area contributed by atoms with Crippen LogP contribution in [-0.2, 0) is 22.4 Å².